The van der Waals surface area contributed by atoms with Gasteiger partial charge in [-0.15, -0.1) is 0 Å². The number of amides is 2. The molecule has 1 fully saturated rings. The van der Waals surface area contributed by atoms with E-state index in [1.54, 1.807) is 0 Å². The Bertz CT molecular complexity index is 616. The van der Waals surface area contributed by atoms with Crippen LogP contribution in [0.15, 0.2) is 24.3 Å². The lowest BCUT2D eigenvalue weighted by atomic mass is 9.94. The van der Waals surface area contributed by atoms with Crippen LogP contribution in [-0.2, 0) is 16.0 Å². The molecular formula is C19H27N3O2. The second kappa shape index (κ2) is 7.34. The highest BCUT2D eigenvalue weighted by Gasteiger charge is 2.27. The fourth-order valence-corrected chi connectivity index (χ4v) is 3.68. The van der Waals surface area contributed by atoms with Crippen molar-refractivity contribution in [2.75, 3.05) is 24.5 Å². The van der Waals surface area contributed by atoms with E-state index in [2.05, 4.69) is 13.0 Å². The van der Waals surface area contributed by atoms with Gasteiger partial charge in [-0.3, -0.25) is 9.59 Å². The predicted molar refractivity (Wildman–Crippen MR) is 94.7 cm³/mol. The normalized spacial score (nSPS) is 24.0. The Labute approximate surface area is 143 Å². The van der Waals surface area contributed by atoms with Gasteiger partial charge in [0.25, 0.3) is 0 Å². The summed E-state index contributed by atoms with van der Waals surface area (Å²) in [5.41, 5.74) is 8.25. The first kappa shape index (κ1) is 17.0. The van der Waals surface area contributed by atoms with Crippen molar-refractivity contribution in [2.45, 2.75) is 45.1 Å². The third kappa shape index (κ3) is 3.61. The van der Waals surface area contributed by atoms with Crippen LogP contribution in [0.1, 0.15) is 38.2 Å². The number of fused-ring (bicyclic) bond motifs is 1. The van der Waals surface area contributed by atoms with Crippen LogP contribution in [-0.4, -0.2) is 42.4 Å². The Morgan fingerprint density at radius 3 is 2.88 bits per heavy atom. The van der Waals surface area contributed by atoms with Gasteiger partial charge in [0.15, 0.2) is 0 Å². The van der Waals surface area contributed by atoms with Gasteiger partial charge in [-0.05, 0) is 36.8 Å². The molecule has 1 aromatic carbocycles. The van der Waals surface area contributed by atoms with Crippen molar-refractivity contribution in [3.8, 4) is 0 Å². The van der Waals surface area contributed by atoms with Gasteiger partial charge in [-0.2, -0.15) is 0 Å². The molecule has 2 aliphatic rings. The monoisotopic (exact) mass is 329 g/mol. The number of likely N-dealkylation sites (tertiary alicyclic amines) is 1. The van der Waals surface area contributed by atoms with E-state index in [4.69, 9.17) is 5.73 Å². The average Bonchev–Trinajstić information content (AvgIpc) is 2.59. The van der Waals surface area contributed by atoms with Crippen molar-refractivity contribution in [3.05, 3.63) is 29.8 Å². The molecule has 0 saturated carbocycles. The molecule has 2 N–H and O–H groups in total. The highest BCUT2D eigenvalue weighted by atomic mass is 16.2. The van der Waals surface area contributed by atoms with Gasteiger partial charge in [0.2, 0.25) is 11.8 Å². The average molecular weight is 329 g/mol. The molecule has 3 rings (SSSR count). The number of nitrogens with two attached hydrogens (primary N) is 1. The Balaban J connectivity index is 1.53. The van der Waals surface area contributed by atoms with E-state index in [1.807, 2.05) is 28.0 Å². The Kier molecular flexibility index (Phi) is 5.19. The lowest BCUT2D eigenvalue weighted by Gasteiger charge is -2.35. The summed E-state index contributed by atoms with van der Waals surface area (Å²) in [6, 6.07) is 8.27. The molecule has 0 aromatic heterocycles. The van der Waals surface area contributed by atoms with E-state index in [1.165, 1.54) is 5.56 Å². The predicted octanol–water partition coefficient (Wildman–Crippen LogP) is 1.94. The number of carbonyl (C=O) groups is 2. The van der Waals surface area contributed by atoms with Crippen LogP contribution < -0.4 is 10.6 Å². The summed E-state index contributed by atoms with van der Waals surface area (Å²) in [7, 11) is 0. The van der Waals surface area contributed by atoms with Crippen molar-refractivity contribution in [3.63, 3.8) is 0 Å². The number of carbonyl (C=O) groups excluding carboxylic acids is 2. The smallest absolute Gasteiger partial charge is 0.227 e. The van der Waals surface area contributed by atoms with E-state index < -0.39 is 0 Å². The fourth-order valence-electron chi connectivity index (χ4n) is 3.68. The number of hydrogen-bond donors (Lipinski definition) is 1. The van der Waals surface area contributed by atoms with Crippen molar-refractivity contribution in [2.24, 2.45) is 11.7 Å². The SMILES string of the molecule is CC1CN(C(=O)CCCN2C(=O)CCc3ccccc32)CCC1N. The maximum Gasteiger partial charge on any atom is 0.227 e. The number of nitrogens with zero attached hydrogens (tertiary/aromatic N) is 2. The summed E-state index contributed by atoms with van der Waals surface area (Å²) in [5.74, 6) is 0.712. The molecule has 5 nitrogen and oxygen atoms in total. The molecule has 24 heavy (non-hydrogen) atoms. The van der Waals surface area contributed by atoms with Crippen LogP contribution >= 0.6 is 0 Å². The molecule has 0 aliphatic carbocycles. The number of hydrogen-bond acceptors (Lipinski definition) is 3. The molecule has 0 radical (unpaired) electrons. The van der Waals surface area contributed by atoms with Gasteiger partial charge in [-0.1, -0.05) is 25.1 Å². The van der Waals surface area contributed by atoms with Crippen molar-refractivity contribution < 1.29 is 9.59 Å². The second-order valence-electron chi connectivity index (χ2n) is 7.05. The minimum atomic E-state index is 0.165. The molecular weight excluding hydrogens is 302 g/mol. The van der Waals surface area contributed by atoms with Crippen molar-refractivity contribution in [1.29, 1.82) is 0 Å². The third-order valence-corrected chi connectivity index (χ3v) is 5.29. The van der Waals surface area contributed by atoms with E-state index in [9.17, 15) is 9.59 Å². The lowest BCUT2D eigenvalue weighted by molar-refractivity contribution is -0.133. The maximum atomic E-state index is 12.4. The van der Waals surface area contributed by atoms with E-state index in [-0.39, 0.29) is 17.9 Å². The Morgan fingerprint density at radius 2 is 2.08 bits per heavy atom. The zero-order valence-electron chi connectivity index (χ0n) is 14.4. The standard InChI is InChI=1S/C19H27N3O2/c1-14-13-21(12-10-16(14)20)18(23)7-4-11-22-17-6-3-2-5-15(17)8-9-19(22)24/h2-3,5-6,14,16H,4,7-13,20H2,1H3. The number of para-hydroxylation sites is 1. The number of aryl methyl sites for hydroxylation is 1. The Morgan fingerprint density at radius 1 is 1.29 bits per heavy atom. The number of anilines is 1. The maximum absolute atomic E-state index is 12.4. The fraction of sp³-hybridized carbons (Fsp3) is 0.579. The minimum absolute atomic E-state index is 0.165. The second-order valence-corrected chi connectivity index (χ2v) is 7.05. The summed E-state index contributed by atoms with van der Waals surface area (Å²) >= 11 is 0. The number of rotatable bonds is 4. The van der Waals surface area contributed by atoms with Crippen LogP contribution in [0.25, 0.3) is 0 Å². The molecule has 130 valence electrons. The molecule has 1 saturated heterocycles. The largest absolute Gasteiger partial charge is 0.342 e. The summed E-state index contributed by atoms with van der Waals surface area (Å²) in [6.07, 6.45) is 3.46. The summed E-state index contributed by atoms with van der Waals surface area (Å²) in [5, 5.41) is 0. The number of benzene rings is 1. The van der Waals surface area contributed by atoms with Crippen LogP contribution in [0.2, 0.25) is 0 Å². The summed E-state index contributed by atoms with van der Waals surface area (Å²) < 4.78 is 0. The zero-order valence-corrected chi connectivity index (χ0v) is 14.4. The van der Waals surface area contributed by atoms with E-state index in [0.29, 0.717) is 31.7 Å². The molecule has 2 aliphatic heterocycles. The van der Waals surface area contributed by atoms with Crippen LogP contribution in [0.5, 0.6) is 0 Å². The molecule has 2 atom stereocenters. The molecule has 0 bridgehead atoms. The highest BCUT2D eigenvalue weighted by molar-refractivity contribution is 5.96. The molecule has 2 amide bonds. The molecule has 2 unspecified atom stereocenters. The first-order chi connectivity index (χ1) is 11.6. The molecule has 1 aromatic rings. The summed E-state index contributed by atoms with van der Waals surface area (Å²) in [4.78, 5) is 28.4. The van der Waals surface area contributed by atoms with E-state index >= 15 is 0 Å². The minimum Gasteiger partial charge on any atom is -0.342 e. The molecule has 5 heteroatoms. The van der Waals surface area contributed by atoms with Crippen LogP contribution in [0.3, 0.4) is 0 Å². The van der Waals surface area contributed by atoms with Crippen molar-refractivity contribution in [1.82, 2.24) is 4.90 Å². The first-order valence-corrected chi connectivity index (χ1v) is 8.98. The van der Waals surface area contributed by atoms with Crippen molar-refractivity contribution >= 4 is 17.5 Å². The van der Waals surface area contributed by atoms with Gasteiger partial charge in [0, 0.05) is 44.2 Å². The quantitative estimate of drug-likeness (QED) is 0.918. The van der Waals surface area contributed by atoms with Gasteiger partial charge in [0.05, 0.1) is 0 Å². The van der Waals surface area contributed by atoms with Gasteiger partial charge in [-0.25, -0.2) is 0 Å². The number of piperidine rings is 1. The topological polar surface area (TPSA) is 66.6 Å². The lowest BCUT2D eigenvalue weighted by Crippen LogP contribution is -2.48. The zero-order chi connectivity index (χ0) is 17.1. The van der Waals surface area contributed by atoms with Gasteiger partial charge < -0.3 is 15.5 Å². The van der Waals surface area contributed by atoms with Gasteiger partial charge in [0.1, 0.15) is 0 Å². The molecule has 0 spiro atoms. The van der Waals surface area contributed by atoms with E-state index in [0.717, 1.165) is 31.6 Å². The Hall–Kier alpha value is -1.88. The van der Waals surface area contributed by atoms with Gasteiger partial charge >= 0.3 is 0 Å². The summed E-state index contributed by atoms with van der Waals surface area (Å²) in [6.45, 7) is 4.24. The third-order valence-electron chi connectivity index (χ3n) is 5.29. The first-order valence-electron chi connectivity index (χ1n) is 8.98. The highest BCUT2D eigenvalue weighted by Crippen LogP contribution is 2.27. The van der Waals surface area contributed by atoms with Crippen LogP contribution in [0, 0.1) is 5.92 Å². The van der Waals surface area contributed by atoms with Crippen LogP contribution in [0.4, 0.5) is 5.69 Å². The molecule has 2 heterocycles.